The van der Waals surface area contributed by atoms with Crippen molar-refractivity contribution >= 4 is 17.4 Å². The second kappa shape index (κ2) is 10.1. The third-order valence-corrected chi connectivity index (χ3v) is 6.25. The number of rotatable bonds is 7. The third kappa shape index (κ3) is 5.02. The molecular weight excluding hydrogens is 473 g/mol. The summed E-state index contributed by atoms with van der Waals surface area (Å²) in [5.41, 5.74) is 2.94. The number of Topliss-reactive ketones (excluding diaryl/α,β-unsaturated/α-hetero) is 1. The van der Waals surface area contributed by atoms with Crippen LogP contribution in [0.25, 0.3) is 5.76 Å². The van der Waals surface area contributed by atoms with Crippen LogP contribution in [-0.2, 0) is 22.7 Å². The normalized spacial score (nSPS) is 16.8. The molecule has 1 N–H and O–H groups in total. The van der Waals surface area contributed by atoms with Gasteiger partial charge in [0.25, 0.3) is 11.7 Å². The monoisotopic (exact) mass is 497 g/mol. The molecule has 0 bridgehead atoms. The van der Waals surface area contributed by atoms with E-state index in [0.717, 1.165) is 11.1 Å². The Hall–Kier alpha value is -4.65. The fraction of sp³-hybridized carbons (Fsp3) is 0.133. The lowest BCUT2D eigenvalue weighted by Crippen LogP contribution is -2.29. The topological polar surface area (TPSA) is 80.0 Å². The molecule has 0 unspecified atom stereocenters. The highest BCUT2D eigenvalue weighted by atomic mass is 19.1. The average molecular weight is 498 g/mol. The highest BCUT2D eigenvalue weighted by Gasteiger charge is 2.46. The number of ketones is 1. The van der Waals surface area contributed by atoms with Gasteiger partial charge >= 0.3 is 0 Å². The average Bonchev–Trinajstić information content (AvgIpc) is 3.50. The summed E-state index contributed by atoms with van der Waals surface area (Å²) in [6.07, 6.45) is 1.47. The highest BCUT2D eigenvalue weighted by molar-refractivity contribution is 6.46. The molecule has 37 heavy (non-hydrogen) atoms. The molecule has 1 amide bonds. The van der Waals surface area contributed by atoms with E-state index in [2.05, 4.69) is 0 Å². The minimum absolute atomic E-state index is 0.0160. The number of carbonyl (C=O) groups is 2. The molecule has 1 fully saturated rings. The minimum atomic E-state index is -0.914. The van der Waals surface area contributed by atoms with Crippen molar-refractivity contribution in [2.75, 3.05) is 0 Å². The number of amides is 1. The fourth-order valence-electron chi connectivity index (χ4n) is 4.44. The largest absolute Gasteiger partial charge is 0.507 e. The van der Waals surface area contributed by atoms with Crippen LogP contribution in [0.2, 0.25) is 0 Å². The van der Waals surface area contributed by atoms with Crippen LogP contribution in [0.5, 0.6) is 5.75 Å². The standard InChI is InChI=1S/C30H24FNO5/c1-19-4-2-5-20(16-19)18-37-24-13-9-22(10-14-24)28(33)26-27(21-7-11-23(31)12-8-21)32(30(35)29(26)34)17-25-6-3-15-36-25/h2-16,27,33H,17-18H2,1H3/t27-/m1/s1. The van der Waals surface area contributed by atoms with E-state index in [4.69, 9.17) is 9.15 Å². The Kier molecular flexibility index (Phi) is 6.60. The van der Waals surface area contributed by atoms with Gasteiger partial charge < -0.3 is 19.2 Å². The first-order valence-electron chi connectivity index (χ1n) is 11.8. The third-order valence-electron chi connectivity index (χ3n) is 6.25. The summed E-state index contributed by atoms with van der Waals surface area (Å²) in [7, 11) is 0. The molecule has 186 valence electrons. The zero-order valence-electron chi connectivity index (χ0n) is 20.1. The molecule has 2 heterocycles. The zero-order valence-corrected chi connectivity index (χ0v) is 20.1. The first kappa shape index (κ1) is 24.1. The SMILES string of the molecule is Cc1cccc(COc2ccc(C(O)=C3C(=O)C(=O)N(Cc4ccco4)[C@@H]3c3ccc(F)cc3)cc2)c1. The number of aliphatic hydroxyl groups excluding tert-OH is 1. The van der Waals surface area contributed by atoms with Gasteiger partial charge in [-0.05, 0) is 66.6 Å². The number of nitrogens with zero attached hydrogens (tertiary/aromatic N) is 1. The molecule has 7 heteroatoms. The number of hydrogen-bond donors (Lipinski definition) is 1. The van der Waals surface area contributed by atoms with Crippen LogP contribution in [-0.4, -0.2) is 21.7 Å². The predicted octanol–water partition coefficient (Wildman–Crippen LogP) is 5.93. The van der Waals surface area contributed by atoms with Gasteiger partial charge in [-0.3, -0.25) is 9.59 Å². The number of furan rings is 1. The quantitative estimate of drug-likeness (QED) is 0.195. The number of aryl methyl sites for hydroxylation is 1. The lowest BCUT2D eigenvalue weighted by Gasteiger charge is -2.24. The van der Waals surface area contributed by atoms with Crippen LogP contribution in [0, 0.1) is 12.7 Å². The molecule has 3 aromatic carbocycles. The summed E-state index contributed by atoms with van der Waals surface area (Å²) < 4.78 is 24.9. The summed E-state index contributed by atoms with van der Waals surface area (Å²) in [5, 5.41) is 11.2. The van der Waals surface area contributed by atoms with Crippen molar-refractivity contribution in [3.05, 3.63) is 131 Å². The van der Waals surface area contributed by atoms with Crippen LogP contribution in [0.1, 0.15) is 34.1 Å². The van der Waals surface area contributed by atoms with Crippen LogP contribution >= 0.6 is 0 Å². The van der Waals surface area contributed by atoms with Gasteiger partial charge in [0.05, 0.1) is 24.4 Å². The number of ether oxygens (including phenoxy) is 1. The predicted molar refractivity (Wildman–Crippen MR) is 135 cm³/mol. The molecule has 6 nitrogen and oxygen atoms in total. The minimum Gasteiger partial charge on any atom is -0.507 e. The molecule has 1 atom stereocenters. The Morgan fingerprint density at radius 2 is 1.76 bits per heavy atom. The number of hydrogen-bond acceptors (Lipinski definition) is 5. The summed E-state index contributed by atoms with van der Waals surface area (Å²) in [6.45, 7) is 2.41. The van der Waals surface area contributed by atoms with E-state index in [9.17, 15) is 19.1 Å². The Morgan fingerprint density at radius 3 is 2.43 bits per heavy atom. The van der Waals surface area contributed by atoms with Crippen LogP contribution in [0.3, 0.4) is 0 Å². The van der Waals surface area contributed by atoms with Gasteiger partial charge in [0.2, 0.25) is 0 Å². The molecule has 4 aromatic rings. The first-order chi connectivity index (χ1) is 17.9. The summed E-state index contributed by atoms with van der Waals surface area (Å²) in [5.74, 6) is -1.30. The zero-order chi connectivity index (χ0) is 25.9. The van der Waals surface area contributed by atoms with E-state index in [-0.39, 0.29) is 17.9 Å². The lowest BCUT2D eigenvalue weighted by atomic mass is 9.95. The second-order valence-corrected chi connectivity index (χ2v) is 8.86. The number of aliphatic hydroxyl groups is 1. The molecule has 0 aliphatic carbocycles. The van der Waals surface area contributed by atoms with Crippen LogP contribution < -0.4 is 4.74 Å². The van der Waals surface area contributed by atoms with Gasteiger partial charge in [-0.1, -0.05) is 42.0 Å². The summed E-state index contributed by atoms with van der Waals surface area (Å²) in [6, 6.07) is 22.6. The molecule has 0 radical (unpaired) electrons. The summed E-state index contributed by atoms with van der Waals surface area (Å²) >= 11 is 0. The number of carbonyl (C=O) groups excluding carboxylic acids is 2. The lowest BCUT2D eigenvalue weighted by molar-refractivity contribution is -0.140. The maximum absolute atomic E-state index is 13.6. The van der Waals surface area contributed by atoms with E-state index >= 15 is 0 Å². The van der Waals surface area contributed by atoms with Gasteiger partial charge in [0.15, 0.2) is 0 Å². The Labute approximate surface area is 213 Å². The fourth-order valence-corrected chi connectivity index (χ4v) is 4.44. The van der Waals surface area contributed by atoms with Crippen molar-refractivity contribution in [1.82, 2.24) is 4.90 Å². The van der Waals surface area contributed by atoms with E-state index in [1.807, 2.05) is 31.2 Å². The van der Waals surface area contributed by atoms with Crippen molar-refractivity contribution < 1.29 is 28.2 Å². The van der Waals surface area contributed by atoms with Gasteiger partial charge in [-0.15, -0.1) is 0 Å². The van der Waals surface area contributed by atoms with E-state index in [0.29, 0.717) is 29.2 Å². The molecule has 1 saturated heterocycles. The number of halogens is 1. The van der Waals surface area contributed by atoms with Crippen LogP contribution in [0.4, 0.5) is 4.39 Å². The molecule has 0 spiro atoms. The number of likely N-dealkylation sites (tertiary alicyclic amines) is 1. The van der Waals surface area contributed by atoms with Gasteiger partial charge in [0, 0.05) is 5.56 Å². The number of benzene rings is 3. The summed E-state index contributed by atoms with van der Waals surface area (Å²) in [4.78, 5) is 27.5. The van der Waals surface area contributed by atoms with E-state index in [1.54, 1.807) is 36.4 Å². The van der Waals surface area contributed by atoms with E-state index < -0.39 is 23.5 Å². The Bertz CT molecular complexity index is 1460. The Morgan fingerprint density at radius 1 is 1.00 bits per heavy atom. The van der Waals surface area contributed by atoms with E-state index in [1.165, 1.54) is 35.4 Å². The molecule has 5 rings (SSSR count). The van der Waals surface area contributed by atoms with Crippen molar-refractivity contribution in [3.63, 3.8) is 0 Å². The molecule has 1 aliphatic rings. The molecule has 0 saturated carbocycles. The van der Waals surface area contributed by atoms with Crippen LogP contribution in [0.15, 0.2) is 101 Å². The van der Waals surface area contributed by atoms with Crippen molar-refractivity contribution in [3.8, 4) is 5.75 Å². The van der Waals surface area contributed by atoms with Crippen molar-refractivity contribution in [1.29, 1.82) is 0 Å². The first-order valence-corrected chi connectivity index (χ1v) is 11.8. The van der Waals surface area contributed by atoms with Crippen molar-refractivity contribution in [2.24, 2.45) is 0 Å². The molecule has 1 aromatic heterocycles. The van der Waals surface area contributed by atoms with Gasteiger partial charge in [-0.2, -0.15) is 0 Å². The van der Waals surface area contributed by atoms with Crippen molar-refractivity contribution in [2.45, 2.75) is 26.1 Å². The molecular formula is C30H24FNO5. The van der Waals surface area contributed by atoms with Gasteiger partial charge in [0.1, 0.15) is 29.7 Å². The second-order valence-electron chi connectivity index (χ2n) is 8.86. The maximum Gasteiger partial charge on any atom is 0.296 e. The molecule has 1 aliphatic heterocycles. The van der Waals surface area contributed by atoms with Gasteiger partial charge in [-0.25, -0.2) is 4.39 Å². The highest BCUT2D eigenvalue weighted by Crippen LogP contribution is 2.40. The smallest absolute Gasteiger partial charge is 0.296 e. The Balaban J connectivity index is 1.46. The maximum atomic E-state index is 13.6.